The van der Waals surface area contributed by atoms with Crippen LogP contribution in [0.4, 0.5) is 0 Å². The van der Waals surface area contributed by atoms with E-state index in [9.17, 15) is 0 Å². The molecular weight excluding hydrogens is 286 g/mol. The summed E-state index contributed by atoms with van der Waals surface area (Å²) >= 11 is 9.63. The van der Waals surface area contributed by atoms with Crippen molar-refractivity contribution in [2.75, 3.05) is 6.54 Å². The van der Waals surface area contributed by atoms with Gasteiger partial charge >= 0.3 is 0 Å². The Labute approximate surface area is 112 Å². The molecule has 0 bridgehead atoms. The minimum Gasteiger partial charge on any atom is -0.314 e. The first kappa shape index (κ1) is 14.0. The molecule has 0 aliphatic carbocycles. The first-order valence-electron chi connectivity index (χ1n) is 5.84. The van der Waals surface area contributed by atoms with Crippen LogP contribution in [0.5, 0.6) is 0 Å². The Morgan fingerprint density at radius 1 is 1.38 bits per heavy atom. The fourth-order valence-electron chi connectivity index (χ4n) is 1.66. The second-order valence-corrected chi connectivity index (χ2v) is 5.32. The van der Waals surface area contributed by atoms with Gasteiger partial charge in [-0.3, -0.25) is 0 Å². The molecule has 90 valence electrons. The van der Waals surface area contributed by atoms with Gasteiger partial charge in [-0.25, -0.2) is 0 Å². The second kappa shape index (κ2) is 7.31. The molecule has 1 aromatic carbocycles. The van der Waals surface area contributed by atoms with Crippen LogP contribution in [0.3, 0.4) is 0 Å². The van der Waals surface area contributed by atoms with E-state index in [0.717, 1.165) is 28.9 Å². The van der Waals surface area contributed by atoms with Crippen LogP contribution in [0.25, 0.3) is 0 Å². The lowest BCUT2D eigenvalue weighted by Crippen LogP contribution is -2.31. The fourth-order valence-corrected chi connectivity index (χ4v) is 2.41. The van der Waals surface area contributed by atoms with Gasteiger partial charge in [0.15, 0.2) is 0 Å². The van der Waals surface area contributed by atoms with E-state index >= 15 is 0 Å². The van der Waals surface area contributed by atoms with E-state index in [-0.39, 0.29) is 0 Å². The van der Waals surface area contributed by atoms with E-state index < -0.39 is 0 Å². The van der Waals surface area contributed by atoms with Crippen molar-refractivity contribution < 1.29 is 0 Å². The van der Waals surface area contributed by atoms with Gasteiger partial charge in [-0.2, -0.15) is 0 Å². The summed E-state index contributed by atoms with van der Waals surface area (Å²) in [5.74, 6) is 0. The molecule has 1 rings (SSSR count). The van der Waals surface area contributed by atoms with Crippen LogP contribution < -0.4 is 5.32 Å². The normalized spacial score (nSPS) is 12.8. The van der Waals surface area contributed by atoms with E-state index in [0.29, 0.717) is 6.04 Å². The molecule has 1 aromatic rings. The van der Waals surface area contributed by atoms with Crippen LogP contribution >= 0.6 is 27.5 Å². The van der Waals surface area contributed by atoms with Crippen LogP contribution in [-0.4, -0.2) is 12.6 Å². The van der Waals surface area contributed by atoms with E-state index in [2.05, 4.69) is 41.2 Å². The summed E-state index contributed by atoms with van der Waals surface area (Å²) in [5.41, 5.74) is 1.22. The molecule has 1 nitrogen and oxygen atoms in total. The standard InChI is InChI=1S/C13H19BrClN/c1-3-7-16-12(4-2)8-10-5-6-11(14)9-13(10)15/h5-6,9,12,16H,3-4,7-8H2,1-2H3. The maximum absolute atomic E-state index is 6.21. The molecule has 0 fully saturated rings. The topological polar surface area (TPSA) is 12.0 Å². The third-order valence-corrected chi connectivity index (χ3v) is 3.50. The molecule has 0 aliphatic heterocycles. The van der Waals surface area contributed by atoms with Gasteiger partial charge in [-0.1, -0.05) is 47.4 Å². The summed E-state index contributed by atoms with van der Waals surface area (Å²) in [6, 6.07) is 6.64. The molecule has 0 saturated carbocycles. The van der Waals surface area contributed by atoms with Crippen molar-refractivity contribution in [3.05, 3.63) is 33.3 Å². The quantitative estimate of drug-likeness (QED) is 0.820. The second-order valence-electron chi connectivity index (χ2n) is 4.00. The molecule has 1 atom stereocenters. The maximum Gasteiger partial charge on any atom is 0.0449 e. The minimum atomic E-state index is 0.527. The van der Waals surface area contributed by atoms with E-state index in [4.69, 9.17) is 11.6 Å². The Hall–Kier alpha value is -0.0500. The summed E-state index contributed by atoms with van der Waals surface area (Å²) in [7, 11) is 0. The van der Waals surface area contributed by atoms with Crippen molar-refractivity contribution in [2.45, 2.75) is 39.2 Å². The number of hydrogen-bond donors (Lipinski definition) is 1. The lowest BCUT2D eigenvalue weighted by Gasteiger charge is -2.17. The van der Waals surface area contributed by atoms with E-state index in [1.165, 1.54) is 12.0 Å². The van der Waals surface area contributed by atoms with Crippen molar-refractivity contribution in [1.29, 1.82) is 0 Å². The Morgan fingerprint density at radius 3 is 2.69 bits per heavy atom. The molecule has 0 radical (unpaired) electrons. The summed E-state index contributed by atoms with van der Waals surface area (Å²) in [5, 5.41) is 4.39. The molecule has 0 heterocycles. The highest BCUT2D eigenvalue weighted by Gasteiger charge is 2.09. The Morgan fingerprint density at radius 2 is 2.12 bits per heavy atom. The van der Waals surface area contributed by atoms with Crippen molar-refractivity contribution >= 4 is 27.5 Å². The Balaban J connectivity index is 2.62. The Bertz CT molecular complexity index is 328. The predicted molar refractivity (Wildman–Crippen MR) is 75.2 cm³/mol. The molecule has 0 saturated heterocycles. The molecule has 3 heteroatoms. The van der Waals surface area contributed by atoms with Crippen LogP contribution in [0, 0.1) is 0 Å². The highest BCUT2D eigenvalue weighted by molar-refractivity contribution is 9.10. The van der Waals surface area contributed by atoms with E-state index in [1.807, 2.05) is 12.1 Å². The fraction of sp³-hybridized carbons (Fsp3) is 0.538. The van der Waals surface area contributed by atoms with Gasteiger partial charge in [0.1, 0.15) is 0 Å². The zero-order chi connectivity index (χ0) is 12.0. The number of hydrogen-bond acceptors (Lipinski definition) is 1. The van der Waals surface area contributed by atoms with Gasteiger partial charge < -0.3 is 5.32 Å². The number of rotatable bonds is 6. The van der Waals surface area contributed by atoms with E-state index in [1.54, 1.807) is 0 Å². The van der Waals surface area contributed by atoms with Gasteiger partial charge in [0.05, 0.1) is 0 Å². The molecule has 0 aliphatic rings. The van der Waals surface area contributed by atoms with Crippen LogP contribution in [-0.2, 0) is 6.42 Å². The van der Waals surface area contributed by atoms with Crippen LogP contribution in [0.1, 0.15) is 32.3 Å². The molecule has 0 amide bonds. The summed E-state index contributed by atoms with van der Waals surface area (Å²) in [6.07, 6.45) is 3.31. The Kier molecular flexibility index (Phi) is 6.40. The summed E-state index contributed by atoms with van der Waals surface area (Å²) in [4.78, 5) is 0. The van der Waals surface area contributed by atoms with Crippen molar-refractivity contribution in [2.24, 2.45) is 0 Å². The highest BCUT2D eigenvalue weighted by Crippen LogP contribution is 2.22. The highest BCUT2D eigenvalue weighted by atomic mass is 79.9. The number of benzene rings is 1. The lowest BCUT2D eigenvalue weighted by molar-refractivity contribution is 0.495. The molecular formula is C13H19BrClN. The van der Waals surface area contributed by atoms with Gasteiger partial charge in [0.25, 0.3) is 0 Å². The van der Waals surface area contributed by atoms with Crippen LogP contribution in [0.15, 0.2) is 22.7 Å². The smallest absolute Gasteiger partial charge is 0.0449 e. The van der Waals surface area contributed by atoms with Crippen molar-refractivity contribution in [3.63, 3.8) is 0 Å². The van der Waals surface area contributed by atoms with Crippen molar-refractivity contribution in [3.8, 4) is 0 Å². The summed E-state index contributed by atoms with van der Waals surface area (Å²) in [6.45, 7) is 5.47. The largest absolute Gasteiger partial charge is 0.314 e. The average Bonchev–Trinajstić information content (AvgIpc) is 2.27. The van der Waals surface area contributed by atoms with Gasteiger partial charge in [-0.05, 0) is 43.5 Å². The third kappa shape index (κ3) is 4.44. The molecule has 0 spiro atoms. The first-order valence-corrected chi connectivity index (χ1v) is 7.01. The van der Waals surface area contributed by atoms with Crippen LogP contribution in [0.2, 0.25) is 5.02 Å². The predicted octanol–water partition coefficient (Wildman–Crippen LogP) is 4.42. The molecule has 0 aromatic heterocycles. The zero-order valence-corrected chi connectivity index (χ0v) is 12.2. The van der Waals surface area contributed by atoms with Crippen molar-refractivity contribution in [1.82, 2.24) is 5.32 Å². The zero-order valence-electron chi connectivity index (χ0n) is 9.89. The molecule has 16 heavy (non-hydrogen) atoms. The third-order valence-electron chi connectivity index (χ3n) is 2.66. The number of nitrogens with one attached hydrogen (secondary N) is 1. The SMILES string of the molecule is CCCNC(CC)Cc1ccc(Br)cc1Cl. The minimum absolute atomic E-state index is 0.527. The monoisotopic (exact) mass is 303 g/mol. The van der Waals surface area contributed by atoms with Gasteiger partial charge in [-0.15, -0.1) is 0 Å². The lowest BCUT2D eigenvalue weighted by atomic mass is 10.0. The molecule has 1 unspecified atom stereocenters. The molecule has 1 N–H and O–H groups in total. The van der Waals surface area contributed by atoms with Gasteiger partial charge in [0, 0.05) is 15.5 Å². The number of halogens is 2. The first-order chi connectivity index (χ1) is 7.67. The van der Waals surface area contributed by atoms with Gasteiger partial charge in [0.2, 0.25) is 0 Å². The summed E-state index contributed by atoms with van der Waals surface area (Å²) < 4.78 is 1.04. The maximum atomic E-state index is 6.21. The average molecular weight is 305 g/mol.